The minimum Gasteiger partial charge on any atom is -0.368 e. The third-order valence-electron chi connectivity index (χ3n) is 5.07. The maximum Gasteiger partial charge on any atom is 0.269 e. The number of hydrogen-bond donors (Lipinski definition) is 1. The minimum atomic E-state index is -0.418. The van der Waals surface area contributed by atoms with Crippen molar-refractivity contribution in [1.29, 1.82) is 0 Å². The predicted molar refractivity (Wildman–Crippen MR) is 110 cm³/mol. The van der Waals surface area contributed by atoms with Gasteiger partial charge in [-0.25, -0.2) is 0 Å². The normalized spacial score (nSPS) is 13.8. The Morgan fingerprint density at radius 3 is 2.31 bits per heavy atom. The molecule has 0 bridgehead atoms. The Morgan fingerprint density at radius 1 is 1.03 bits per heavy atom. The van der Waals surface area contributed by atoms with E-state index in [1.54, 1.807) is 23.1 Å². The van der Waals surface area contributed by atoms with Gasteiger partial charge in [0.2, 0.25) is 5.91 Å². The van der Waals surface area contributed by atoms with Crippen molar-refractivity contribution in [3.63, 3.8) is 0 Å². The average Bonchev–Trinajstić information content (AvgIpc) is 2.74. The van der Waals surface area contributed by atoms with Crippen LogP contribution in [0.3, 0.4) is 0 Å². The molecule has 2 aromatic carbocycles. The number of nitrogens with zero attached hydrogens (tertiary/aromatic N) is 3. The van der Waals surface area contributed by atoms with Gasteiger partial charge in [0.1, 0.15) is 0 Å². The second-order valence-electron chi connectivity index (χ2n) is 6.96. The average molecular weight is 396 g/mol. The Morgan fingerprint density at radius 2 is 1.69 bits per heavy atom. The Hall–Kier alpha value is -3.42. The van der Waals surface area contributed by atoms with E-state index < -0.39 is 4.92 Å². The van der Waals surface area contributed by atoms with E-state index in [1.165, 1.54) is 12.1 Å². The van der Waals surface area contributed by atoms with Crippen molar-refractivity contribution in [2.24, 2.45) is 0 Å². The molecule has 0 saturated carbocycles. The van der Waals surface area contributed by atoms with Crippen molar-refractivity contribution in [2.45, 2.75) is 13.3 Å². The third kappa shape index (κ3) is 5.10. The summed E-state index contributed by atoms with van der Waals surface area (Å²) in [6, 6.07) is 13.8. The van der Waals surface area contributed by atoms with Crippen molar-refractivity contribution >= 4 is 23.2 Å². The van der Waals surface area contributed by atoms with E-state index in [2.05, 4.69) is 10.2 Å². The summed E-state index contributed by atoms with van der Waals surface area (Å²) >= 11 is 0. The first kappa shape index (κ1) is 20.3. The van der Waals surface area contributed by atoms with Crippen LogP contribution in [-0.4, -0.2) is 54.4 Å². The van der Waals surface area contributed by atoms with Crippen molar-refractivity contribution < 1.29 is 14.5 Å². The second-order valence-corrected chi connectivity index (χ2v) is 6.96. The molecule has 2 aromatic rings. The Kier molecular flexibility index (Phi) is 6.43. The first-order valence-electron chi connectivity index (χ1n) is 9.56. The summed E-state index contributed by atoms with van der Waals surface area (Å²) in [6.45, 7) is 4.68. The van der Waals surface area contributed by atoms with Crippen LogP contribution in [0.15, 0.2) is 48.5 Å². The van der Waals surface area contributed by atoms with Gasteiger partial charge in [-0.3, -0.25) is 19.7 Å². The van der Waals surface area contributed by atoms with E-state index in [0.29, 0.717) is 38.3 Å². The van der Waals surface area contributed by atoms with Gasteiger partial charge in [0.15, 0.2) is 0 Å². The molecule has 1 fully saturated rings. The number of carbonyl (C=O) groups excluding carboxylic acids is 2. The van der Waals surface area contributed by atoms with Gasteiger partial charge in [0.05, 0.1) is 4.92 Å². The van der Waals surface area contributed by atoms with Crippen LogP contribution in [0.2, 0.25) is 0 Å². The number of aryl methyl sites for hydroxylation is 1. The number of nitro benzene ring substituents is 1. The van der Waals surface area contributed by atoms with E-state index in [1.807, 2.05) is 25.1 Å². The van der Waals surface area contributed by atoms with Crippen LogP contribution < -0.4 is 10.2 Å². The molecule has 1 aliphatic rings. The fourth-order valence-electron chi connectivity index (χ4n) is 3.36. The number of non-ortho nitro benzene ring substituents is 1. The predicted octanol–water partition coefficient (Wildman–Crippen LogP) is 2.37. The molecule has 0 spiro atoms. The highest BCUT2D eigenvalue weighted by molar-refractivity contribution is 5.95. The quantitative estimate of drug-likeness (QED) is 0.597. The summed E-state index contributed by atoms with van der Waals surface area (Å²) in [4.78, 5) is 38.9. The molecule has 152 valence electrons. The molecule has 29 heavy (non-hydrogen) atoms. The standard InChI is InChI=1S/C21H24N4O4/c1-16-4-2-3-5-19(16)21(27)22-11-10-20(26)24-14-12-23(13-15-24)17-6-8-18(9-7-17)25(28)29/h2-9H,10-15H2,1H3,(H,22,27). The molecule has 8 heteroatoms. The van der Waals surface area contributed by atoms with Gasteiger partial charge < -0.3 is 15.1 Å². The number of nitro groups is 1. The first-order chi connectivity index (χ1) is 14.0. The van der Waals surface area contributed by atoms with Crippen LogP contribution in [-0.2, 0) is 4.79 Å². The Balaban J connectivity index is 1.43. The SMILES string of the molecule is Cc1ccccc1C(=O)NCCC(=O)N1CCN(c2ccc([N+](=O)[O-])cc2)CC1. The summed E-state index contributed by atoms with van der Waals surface area (Å²) in [6.07, 6.45) is 0.259. The molecule has 0 radical (unpaired) electrons. The van der Waals surface area contributed by atoms with E-state index in [4.69, 9.17) is 0 Å². The van der Waals surface area contributed by atoms with Gasteiger partial charge in [-0.15, -0.1) is 0 Å². The lowest BCUT2D eigenvalue weighted by molar-refractivity contribution is -0.384. The highest BCUT2D eigenvalue weighted by Gasteiger charge is 2.21. The number of carbonyl (C=O) groups is 2. The van der Waals surface area contributed by atoms with E-state index in [0.717, 1.165) is 11.3 Å². The maximum atomic E-state index is 12.4. The number of hydrogen-bond acceptors (Lipinski definition) is 5. The van der Waals surface area contributed by atoms with Crippen LogP contribution >= 0.6 is 0 Å². The lowest BCUT2D eigenvalue weighted by Crippen LogP contribution is -2.49. The topological polar surface area (TPSA) is 95.8 Å². The monoisotopic (exact) mass is 396 g/mol. The number of benzene rings is 2. The highest BCUT2D eigenvalue weighted by atomic mass is 16.6. The number of anilines is 1. The van der Waals surface area contributed by atoms with Gasteiger partial charge in [0.25, 0.3) is 11.6 Å². The van der Waals surface area contributed by atoms with Crippen LogP contribution in [0.25, 0.3) is 0 Å². The van der Waals surface area contributed by atoms with Gasteiger partial charge in [-0.05, 0) is 30.7 Å². The van der Waals surface area contributed by atoms with Crippen molar-refractivity contribution in [3.05, 3.63) is 69.8 Å². The van der Waals surface area contributed by atoms with Crippen molar-refractivity contribution in [2.75, 3.05) is 37.6 Å². The molecule has 8 nitrogen and oxygen atoms in total. The lowest BCUT2D eigenvalue weighted by Gasteiger charge is -2.36. The van der Waals surface area contributed by atoms with Gasteiger partial charge in [-0.1, -0.05) is 18.2 Å². The zero-order valence-electron chi connectivity index (χ0n) is 16.3. The Bertz CT molecular complexity index is 890. The Labute approximate surface area is 169 Å². The summed E-state index contributed by atoms with van der Waals surface area (Å²) in [5, 5.41) is 13.6. The molecule has 0 unspecified atom stereocenters. The number of amides is 2. The fourth-order valence-corrected chi connectivity index (χ4v) is 3.36. The molecule has 3 rings (SSSR count). The maximum absolute atomic E-state index is 12.4. The van der Waals surface area contributed by atoms with Crippen LogP contribution in [0.1, 0.15) is 22.3 Å². The molecule has 1 N–H and O–H groups in total. The summed E-state index contributed by atoms with van der Waals surface area (Å²) in [7, 11) is 0. The van der Waals surface area contributed by atoms with Crippen LogP contribution in [0.4, 0.5) is 11.4 Å². The molecule has 1 heterocycles. The number of rotatable bonds is 6. The van der Waals surface area contributed by atoms with Gasteiger partial charge in [0, 0.05) is 62.5 Å². The molecule has 0 aliphatic carbocycles. The van der Waals surface area contributed by atoms with E-state index in [9.17, 15) is 19.7 Å². The first-order valence-corrected chi connectivity index (χ1v) is 9.56. The van der Waals surface area contributed by atoms with E-state index in [-0.39, 0.29) is 23.9 Å². The van der Waals surface area contributed by atoms with Gasteiger partial charge >= 0.3 is 0 Å². The number of nitrogens with one attached hydrogen (secondary N) is 1. The van der Waals surface area contributed by atoms with Gasteiger partial charge in [-0.2, -0.15) is 0 Å². The molecule has 0 aromatic heterocycles. The van der Waals surface area contributed by atoms with E-state index >= 15 is 0 Å². The van der Waals surface area contributed by atoms with Crippen LogP contribution in [0.5, 0.6) is 0 Å². The molecule has 2 amide bonds. The molecule has 1 aliphatic heterocycles. The zero-order chi connectivity index (χ0) is 20.8. The highest BCUT2D eigenvalue weighted by Crippen LogP contribution is 2.20. The zero-order valence-corrected chi connectivity index (χ0v) is 16.3. The largest absolute Gasteiger partial charge is 0.368 e. The smallest absolute Gasteiger partial charge is 0.269 e. The van der Waals surface area contributed by atoms with Crippen molar-refractivity contribution in [3.8, 4) is 0 Å². The molecular formula is C21H24N4O4. The van der Waals surface area contributed by atoms with Crippen molar-refractivity contribution in [1.82, 2.24) is 10.2 Å². The molecular weight excluding hydrogens is 372 g/mol. The lowest BCUT2D eigenvalue weighted by atomic mass is 10.1. The minimum absolute atomic E-state index is 0.0124. The fraction of sp³-hybridized carbons (Fsp3) is 0.333. The second kappa shape index (κ2) is 9.18. The molecule has 0 atom stereocenters. The summed E-state index contributed by atoms with van der Waals surface area (Å²) in [5.41, 5.74) is 2.50. The third-order valence-corrected chi connectivity index (χ3v) is 5.07. The molecule has 1 saturated heterocycles. The summed E-state index contributed by atoms with van der Waals surface area (Å²) < 4.78 is 0. The summed E-state index contributed by atoms with van der Waals surface area (Å²) in [5.74, 6) is -0.155. The van der Waals surface area contributed by atoms with Crippen LogP contribution in [0, 0.1) is 17.0 Å². The number of piperazine rings is 1.